The molecule has 2 unspecified atom stereocenters. The fourth-order valence-corrected chi connectivity index (χ4v) is 4.44. The minimum atomic E-state index is 0.720. The van der Waals surface area contributed by atoms with Gasteiger partial charge in [0.25, 0.3) is 0 Å². The molecule has 0 aromatic heterocycles. The Balaban J connectivity index is 1.43. The van der Waals surface area contributed by atoms with E-state index in [-0.39, 0.29) is 0 Å². The number of fused-ring (bicyclic) bond motifs is 2. The zero-order valence-corrected chi connectivity index (χ0v) is 12.9. The van der Waals surface area contributed by atoms with Crippen molar-refractivity contribution in [2.75, 3.05) is 44.6 Å². The number of anilines is 1. The molecule has 2 fully saturated rings. The molecule has 4 rings (SSSR count). The van der Waals surface area contributed by atoms with E-state index < -0.39 is 0 Å². The number of nitrogens with one attached hydrogen (secondary N) is 1. The molecule has 0 aliphatic carbocycles. The van der Waals surface area contributed by atoms with E-state index in [0.29, 0.717) is 0 Å². The lowest BCUT2D eigenvalue weighted by Crippen LogP contribution is -2.55. The summed E-state index contributed by atoms with van der Waals surface area (Å²) in [6.45, 7) is 7.58. The fourth-order valence-electron chi connectivity index (χ4n) is 4.44. The van der Waals surface area contributed by atoms with E-state index in [2.05, 4.69) is 39.4 Å². The van der Waals surface area contributed by atoms with Crippen LogP contribution in [-0.4, -0.2) is 55.1 Å². The average Bonchev–Trinajstić information content (AvgIpc) is 2.55. The monoisotopic (exact) mass is 285 g/mol. The lowest BCUT2D eigenvalue weighted by Gasteiger charge is -2.45. The van der Waals surface area contributed by atoms with Crippen molar-refractivity contribution in [2.45, 2.75) is 37.6 Å². The van der Waals surface area contributed by atoms with Crippen molar-refractivity contribution in [3.8, 4) is 0 Å². The van der Waals surface area contributed by atoms with Gasteiger partial charge >= 0.3 is 0 Å². The third kappa shape index (κ3) is 2.82. The maximum Gasteiger partial charge on any atom is 0.0376 e. The van der Waals surface area contributed by atoms with Crippen LogP contribution in [0.3, 0.4) is 0 Å². The van der Waals surface area contributed by atoms with Crippen molar-refractivity contribution in [3.63, 3.8) is 0 Å². The molecule has 0 bridgehead atoms. The Labute approximate surface area is 128 Å². The van der Waals surface area contributed by atoms with E-state index in [1.165, 1.54) is 69.7 Å². The van der Waals surface area contributed by atoms with Gasteiger partial charge in [-0.1, -0.05) is 24.6 Å². The van der Waals surface area contributed by atoms with Crippen molar-refractivity contribution >= 4 is 5.69 Å². The predicted molar refractivity (Wildman–Crippen MR) is 87.9 cm³/mol. The highest BCUT2D eigenvalue weighted by molar-refractivity contribution is 5.54. The normalized spacial score (nSPS) is 30.3. The van der Waals surface area contributed by atoms with Gasteiger partial charge in [0.15, 0.2) is 0 Å². The number of hydrogen-bond acceptors (Lipinski definition) is 3. The second-order valence-electron chi connectivity index (χ2n) is 6.94. The van der Waals surface area contributed by atoms with Crippen molar-refractivity contribution in [3.05, 3.63) is 29.8 Å². The highest BCUT2D eigenvalue weighted by Gasteiger charge is 2.30. The summed E-state index contributed by atoms with van der Waals surface area (Å²) >= 11 is 0. The second-order valence-corrected chi connectivity index (χ2v) is 6.94. The first-order valence-corrected chi connectivity index (χ1v) is 8.69. The molecular weight excluding hydrogens is 258 g/mol. The maximum absolute atomic E-state index is 3.55. The Kier molecular flexibility index (Phi) is 3.87. The molecule has 2 atom stereocenters. The van der Waals surface area contributed by atoms with Gasteiger partial charge in [-0.3, -0.25) is 9.80 Å². The highest BCUT2D eigenvalue weighted by atomic mass is 15.3. The first-order chi connectivity index (χ1) is 10.4. The fraction of sp³-hybridized carbons (Fsp3) is 0.667. The number of hydrogen-bond donors (Lipinski definition) is 1. The van der Waals surface area contributed by atoms with Gasteiger partial charge in [0, 0.05) is 50.4 Å². The van der Waals surface area contributed by atoms with E-state index in [1.807, 2.05) is 0 Å². The summed E-state index contributed by atoms with van der Waals surface area (Å²) in [5.41, 5.74) is 2.90. The standard InChI is InChI=1S/C18H27N3/c1-2-7-18-17(6-1)15(8-9-19-18)13-20-11-12-21-10-4-3-5-16(21)14-20/h1-2,6-7,15-16,19H,3-5,8-14H2. The lowest BCUT2D eigenvalue weighted by atomic mass is 9.90. The smallest absolute Gasteiger partial charge is 0.0376 e. The van der Waals surface area contributed by atoms with Crippen LogP contribution in [0.25, 0.3) is 0 Å². The molecule has 1 N–H and O–H groups in total. The molecule has 3 heteroatoms. The van der Waals surface area contributed by atoms with E-state index >= 15 is 0 Å². The number of piperidine rings is 1. The third-order valence-corrected chi connectivity index (χ3v) is 5.61. The molecule has 0 amide bonds. The highest BCUT2D eigenvalue weighted by Crippen LogP contribution is 2.32. The topological polar surface area (TPSA) is 18.5 Å². The van der Waals surface area contributed by atoms with Gasteiger partial charge in [-0.25, -0.2) is 0 Å². The third-order valence-electron chi connectivity index (χ3n) is 5.61. The van der Waals surface area contributed by atoms with Crippen LogP contribution in [0.5, 0.6) is 0 Å². The number of piperazine rings is 1. The number of nitrogens with zero attached hydrogens (tertiary/aromatic N) is 2. The van der Waals surface area contributed by atoms with Gasteiger partial charge in [0.2, 0.25) is 0 Å². The Morgan fingerprint density at radius 1 is 1.05 bits per heavy atom. The summed E-state index contributed by atoms with van der Waals surface area (Å²) in [4.78, 5) is 5.47. The van der Waals surface area contributed by atoms with Crippen LogP contribution in [0.1, 0.15) is 37.2 Å². The van der Waals surface area contributed by atoms with Crippen LogP contribution in [0, 0.1) is 0 Å². The first-order valence-electron chi connectivity index (χ1n) is 8.69. The molecule has 0 radical (unpaired) electrons. The van der Waals surface area contributed by atoms with Gasteiger partial charge in [-0.15, -0.1) is 0 Å². The SMILES string of the molecule is c1ccc2c(c1)NCCC2CN1CCN2CCCCC2C1. The molecular formula is C18H27N3. The van der Waals surface area contributed by atoms with E-state index in [0.717, 1.165) is 18.5 Å². The number of para-hydroxylation sites is 1. The summed E-state index contributed by atoms with van der Waals surface area (Å²) in [5.74, 6) is 0.720. The van der Waals surface area contributed by atoms with Crippen LogP contribution in [0.4, 0.5) is 5.69 Å². The molecule has 3 aliphatic heterocycles. The van der Waals surface area contributed by atoms with E-state index in [9.17, 15) is 0 Å². The Hall–Kier alpha value is -1.06. The Morgan fingerprint density at radius 3 is 3.00 bits per heavy atom. The van der Waals surface area contributed by atoms with Crippen molar-refractivity contribution < 1.29 is 0 Å². The van der Waals surface area contributed by atoms with Gasteiger partial charge in [0.05, 0.1) is 0 Å². The molecule has 1 aromatic rings. The quantitative estimate of drug-likeness (QED) is 0.901. The van der Waals surface area contributed by atoms with Gasteiger partial charge < -0.3 is 5.32 Å². The van der Waals surface area contributed by atoms with Crippen molar-refractivity contribution in [1.82, 2.24) is 9.80 Å². The van der Waals surface area contributed by atoms with E-state index in [1.54, 1.807) is 0 Å². The lowest BCUT2D eigenvalue weighted by molar-refractivity contribution is 0.0460. The molecule has 0 saturated carbocycles. The molecule has 21 heavy (non-hydrogen) atoms. The zero-order valence-electron chi connectivity index (χ0n) is 12.9. The van der Waals surface area contributed by atoms with Crippen LogP contribution in [0.15, 0.2) is 24.3 Å². The molecule has 114 valence electrons. The van der Waals surface area contributed by atoms with Crippen LogP contribution >= 0.6 is 0 Å². The Bertz CT molecular complexity index is 487. The predicted octanol–water partition coefficient (Wildman–Crippen LogP) is 2.76. The summed E-state index contributed by atoms with van der Waals surface area (Å²) in [6, 6.07) is 9.74. The number of rotatable bonds is 2. The summed E-state index contributed by atoms with van der Waals surface area (Å²) < 4.78 is 0. The molecule has 2 saturated heterocycles. The van der Waals surface area contributed by atoms with Crippen LogP contribution in [0.2, 0.25) is 0 Å². The second kappa shape index (κ2) is 5.98. The average molecular weight is 285 g/mol. The summed E-state index contributed by atoms with van der Waals surface area (Å²) in [5, 5.41) is 3.55. The largest absolute Gasteiger partial charge is 0.385 e. The zero-order chi connectivity index (χ0) is 14.1. The van der Waals surface area contributed by atoms with Crippen LogP contribution < -0.4 is 5.32 Å². The van der Waals surface area contributed by atoms with Gasteiger partial charge in [-0.05, 0) is 37.4 Å². The maximum atomic E-state index is 3.55. The van der Waals surface area contributed by atoms with Gasteiger partial charge in [-0.2, -0.15) is 0 Å². The van der Waals surface area contributed by atoms with Crippen LogP contribution in [-0.2, 0) is 0 Å². The van der Waals surface area contributed by atoms with E-state index in [4.69, 9.17) is 0 Å². The van der Waals surface area contributed by atoms with Gasteiger partial charge in [0.1, 0.15) is 0 Å². The molecule has 0 spiro atoms. The Morgan fingerprint density at radius 2 is 2.00 bits per heavy atom. The molecule has 1 aromatic carbocycles. The summed E-state index contributed by atoms with van der Waals surface area (Å²) in [7, 11) is 0. The summed E-state index contributed by atoms with van der Waals surface area (Å²) in [6.07, 6.45) is 5.55. The molecule has 3 nitrogen and oxygen atoms in total. The minimum Gasteiger partial charge on any atom is -0.385 e. The van der Waals surface area contributed by atoms with Crippen molar-refractivity contribution in [1.29, 1.82) is 0 Å². The molecule has 3 heterocycles. The number of benzene rings is 1. The minimum absolute atomic E-state index is 0.720. The van der Waals surface area contributed by atoms with Crippen molar-refractivity contribution in [2.24, 2.45) is 0 Å². The first kappa shape index (κ1) is 13.6. The molecule has 3 aliphatic rings.